The number of hydrogen-bond acceptors (Lipinski definition) is 0. The number of hydrogen-bond donors (Lipinski definition) is 0. The highest BCUT2D eigenvalue weighted by Gasteiger charge is 2.08. The molecule has 0 N–H and O–H groups in total. The average Bonchev–Trinajstić information content (AvgIpc) is 2.09. The first kappa shape index (κ1) is 8.55. The molecule has 0 saturated carbocycles. The molecule has 1 aromatic rings. The van der Waals surface area contributed by atoms with Crippen LogP contribution in [0.5, 0.6) is 0 Å². The fourth-order valence-electron chi connectivity index (χ4n) is 1.16. The highest BCUT2D eigenvalue weighted by atomic mass is 14.6. The van der Waals surface area contributed by atoms with Crippen LogP contribution in [0.4, 0.5) is 5.69 Å². The minimum Gasteiger partial charge on any atom is -0.0868 e. The van der Waals surface area contributed by atoms with E-state index in [4.69, 9.17) is 6.57 Å². The van der Waals surface area contributed by atoms with Crippen molar-refractivity contribution in [1.29, 1.82) is 0 Å². The molecular formula is C11H12N+. The molecule has 0 atom stereocenters. The van der Waals surface area contributed by atoms with Gasteiger partial charge in [-0.3, -0.25) is 0 Å². The zero-order chi connectivity index (χ0) is 8.97. The van der Waals surface area contributed by atoms with E-state index in [1.54, 1.807) is 0 Å². The standard InChI is InChI=1S/C11H12N/c1-4-6-10-9(2)7-5-8-11(10)12-3/h3-8H,1-2H3/q+1/b6-4-. The second-order valence-corrected chi connectivity index (χ2v) is 2.64. The molecule has 1 nitrogen and oxygen atoms in total. The summed E-state index contributed by atoms with van der Waals surface area (Å²) in [7, 11) is 0. The number of aryl methyl sites for hydroxylation is 1. The molecule has 0 saturated heterocycles. The van der Waals surface area contributed by atoms with Crippen LogP contribution in [-0.4, -0.2) is 0 Å². The van der Waals surface area contributed by atoms with Gasteiger partial charge in [0, 0.05) is 6.07 Å². The first-order valence-corrected chi connectivity index (χ1v) is 3.93. The monoisotopic (exact) mass is 158 g/mol. The number of rotatable bonds is 1. The summed E-state index contributed by atoms with van der Waals surface area (Å²) in [4.78, 5) is 3.70. The third kappa shape index (κ3) is 1.54. The Labute approximate surface area is 73.2 Å². The van der Waals surface area contributed by atoms with Crippen LogP contribution in [0.15, 0.2) is 24.3 Å². The summed E-state index contributed by atoms with van der Waals surface area (Å²) in [5, 5.41) is 0. The van der Waals surface area contributed by atoms with Crippen LogP contribution in [0.1, 0.15) is 18.1 Å². The quantitative estimate of drug-likeness (QED) is 0.588. The van der Waals surface area contributed by atoms with Gasteiger partial charge >= 0.3 is 5.69 Å². The number of benzene rings is 1. The molecule has 0 aromatic heterocycles. The molecule has 0 spiro atoms. The number of nitrogens with zero attached hydrogens (tertiary/aromatic N) is 1. The molecule has 0 aliphatic heterocycles. The van der Waals surface area contributed by atoms with Crippen molar-refractivity contribution < 1.29 is 0 Å². The summed E-state index contributed by atoms with van der Waals surface area (Å²) < 4.78 is 0. The van der Waals surface area contributed by atoms with Crippen LogP contribution in [0.3, 0.4) is 0 Å². The molecular weight excluding hydrogens is 146 g/mol. The lowest BCUT2D eigenvalue weighted by Gasteiger charge is -1.94. The van der Waals surface area contributed by atoms with Crippen molar-refractivity contribution in [2.24, 2.45) is 0 Å². The van der Waals surface area contributed by atoms with Crippen LogP contribution in [0, 0.1) is 13.5 Å². The van der Waals surface area contributed by atoms with Gasteiger partial charge in [0.2, 0.25) is 0 Å². The van der Waals surface area contributed by atoms with Crippen LogP contribution < -0.4 is 0 Å². The first-order chi connectivity index (χ1) is 5.79. The molecule has 0 radical (unpaired) electrons. The lowest BCUT2D eigenvalue weighted by atomic mass is 10.1. The average molecular weight is 158 g/mol. The number of allylic oxidation sites excluding steroid dienone is 1. The molecule has 1 heteroatoms. The molecule has 60 valence electrons. The topological polar surface area (TPSA) is 4.36 Å². The van der Waals surface area contributed by atoms with Crippen molar-refractivity contribution in [3.8, 4) is 6.57 Å². The first-order valence-electron chi connectivity index (χ1n) is 3.93. The Bertz CT molecular complexity index is 343. The van der Waals surface area contributed by atoms with Crippen molar-refractivity contribution in [2.75, 3.05) is 0 Å². The molecule has 0 unspecified atom stereocenters. The van der Waals surface area contributed by atoms with E-state index in [0.717, 1.165) is 11.3 Å². The van der Waals surface area contributed by atoms with E-state index in [1.165, 1.54) is 5.56 Å². The van der Waals surface area contributed by atoms with E-state index in [2.05, 4.69) is 4.85 Å². The smallest absolute Gasteiger partial charge is 0.0868 e. The van der Waals surface area contributed by atoms with Gasteiger partial charge < -0.3 is 0 Å². The highest BCUT2D eigenvalue weighted by Crippen LogP contribution is 2.23. The highest BCUT2D eigenvalue weighted by molar-refractivity contribution is 5.70. The maximum Gasteiger partial charge on any atom is 0.347 e. The van der Waals surface area contributed by atoms with Gasteiger partial charge in [0.1, 0.15) is 0 Å². The Kier molecular flexibility index (Phi) is 2.66. The Balaban J connectivity index is 3.32. The molecule has 1 aromatic carbocycles. The van der Waals surface area contributed by atoms with Gasteiger partial charge in [0.15, 0.2) is 0 Å². The van der Waals surface area contributed by atoms with E-state index in [0.29, 0.717) is 0 Å². The Hall–Kier alpha value is -1.55. The Morgan fingerprint density at radius 1 is 1.42 bits per heavy atom. The molecule has 1 rings (SSSR count). The lowest BCUT2D eigenvalue weighted by molar-refractivity contribution is 1.45. The van der Waals surface area contributed by atoms with Gasteiger partial charge in [-0.05, 0) is 24.3 Å². The summed E-state index contributed by atoms with van der Waals surface area (Å²) in [5.41, 5.74) is 3.13. The van der Waals surface area contributed by atoms with Gasteiger partial charge in [-0.1, -0.05) is 24.3 Å². The predicted octanol–water partition coefficient (Wildman–Crippen LogP) is 3.62. The lowest BCUT2D eigenvalue weighted by Crippen LogP contribution is -1.78. The minimum atomic E-state index is 0.841. The zero-order valence-electron chi connectivity index (χ0n) is 7.41. The van der Waals surface area contributed by atoms with Crippen molar-refractivity contribution in [3.05, 3.63) is 40.2 Å². The molecule has 0 aliphatic carbocycles. The minimum absolute atomic E-state index is 0.841. The van der Waals surface area contributed by atoms with Gasteiger partial charge in [-0.15, -0.1) is 0 Å². The van der Waals surface area contributed by atoms with Gasteiger partial charge in [-0.2, -0.15) is 0 Å². The zero-order valence-corrected chi connectivity index (χ0v) is 7.41. The third-order valence-corrected chi connectivity index (χ3v) is 1.77. The normalized spacial score (nSPS) is 10.1. The van der Waals surface area contributed by atoms with Crippen molar-refractivity contribution in [2.45, 2.75) is 13.8 Å². The Morgan fingerprint density at radius 2 is 2.17 bits per heavy atom. The van der Waals surface area contributed by atoms with Crippen LogP contribution in [0.25, 0.3) is 10.9 Å². The molecule has 0 aliphatic rings. The largest absolute Gasteiger partial charge is 0.347 e. The fourth-order valence-corrected chi connectivity index (χ4v) is 1.16. The van der Waals surface area contributed by atoms with E-state index >= 15 is 0 Å². The second kappa shape index (κ2) is 3.73. The summed E-state index contributed by atoms with van der Waals surface area (Å²) in [5.74, 6) is 0. The maximum absolute atomic E-state index is 5.24. The second-order valence-electron chi connectivity index (χ2n) is 2.64. The van der Waals surface area contributed by atoms with Crippen molar-refractivity contribution in [1.82, 2.24) is 0 Å². The molecule has 12 heavy (non-hydrogen) atoms. The van der Waals surface area contributed by atoms with Crippen LogP contribution >= 0.6 is 0 Å². The molecule has 0 bridgehead atoms. The third-order valence-electron chi connectivity index (χ3n) is 1.77. The molecule has 0 fully saturated rings. The summed E-state index contributed by atoms with van der Waals surface area (Å²) in [6, 6.07) is 5.90. The summed E-state index contributed by atoms with van der Waals surface area (Å²) >= 11 is 0. The van der Waals surface area contributed by atoms with Crippen LogP contribution in [-0.2, 0) is 0 Å². The fraction of sp³-hybridized carbons (Fsp3) is 0.182. The van der Waals surface area contributed by atoms with Gasteiger partial charge in [0.25, 0.3) is 6.57 Å². The SMILES string of the molecule is C#[N+]c1cccc(C)c1/C=C\C. The van der Waals surface area contributed by atoms with Crippen molar-refractivity contribution in [3.63, 3.8) is 0 Å². The van der Waals surface area contributed by atoms with E-state index in [1.807, 2.05) is 44.2 Å². The van der Waals surface area contributed by atoms with Crippen molar-refractivity contribution >= 4 is 11.8 Å². The van der Waals surface area contributed by atoms with Gasteiger partial charge in [-0.25, -0.2) is 0 Å². The summed E-state index contributed by atoms with van der Waals surface area (Å²) in [6.07, 6.45) is 4.00. The molecule has 0 amide bonds. The van der Waals surface area contributed by atoms with E-state index < -0.39 is 0 Å². The van der Waals surface area contributed by atoms with Gasteiger partial charge in [0.05, 0.1) is 5.56 Å². The summed E-state index contributed by atoms with van der Waals surface area (Å²) in [6.45, 7) is 9.27. The molecule has 0 heterocycles. The Morgan fingerprint density at radius 3 is 2.75 bits per heavy atom. The van der Waals surface area contributed by atoms with E-state index in [-0.39, 0.29) is 0 Å². The van der Waals surface area contributed by atoms with Crippen LogP contribution in [0.2, 0.25) is 0 Å². The predicted molar refractivity (Wildman–Crippen MR) is 53.9 cm³/mol. The van der Waals surface area contributed by atoms with E-state index in [9.17, 15) is 0 Å². The maximum atomic E-state index is 5.24.